The number of anilines is 3. The molecular weight excluding hydrogens is 475 g/mol. The number of nitrogen functional groups attached to an aromatic ring is 1. The van der Waals surface area contributed by atoms with Gasteiger partial charge in [0.15, 0.2) is 22.5 Å². The van der Waals surface area contributed by atoms with Gasteiger partial charge in [0.2, 0.25) is 0 Å². The maximum absolute atomic E-state index is 12.6. The summed E-state index contributed by atoms with van der Waals surface area (Å²) in [6, 6.07) is 5.35. The van der Waals surface area contributed by atoms with Crippen LogP contribution in [0.3, 0.4) is 0 Å². The Hall–Kier alpha value is -4.20. The zero-order valence-electron chi connectivity index (χ0n) is 17.3. The zero-order valence-corrected chi connectivity index (χ0v) is 18.2. The van der Waals surface area contributed by atoms with Crippen molar-refractivity contribution >= 4 is 45.5 Å². The monoisotopic (exact) mass is 491 g/mol. The summed E-state index contributed by atoms with van der Waals surface area (Å²) in [7, 11) is 0. The zero-order chi connectivity index (χ0) is 24.6. The first-order chi connectivity index (χ1) is 16.1. The highest BCUT2D eigenvalue weighted by Crippen LogP contribution is 2.34. The van der Waals surface area contributed by atoms with E-state index >= 15 is 0 Å². The van der Waals surface area contributed by atoms with Gasteiger partial charge in [-0.1, -0.05) is 19.1 Å². The van der Waals surface area contributed by atoms with Crippen molar-refractivity contribution in [1.82, 2.24) is 19.6 Å². The van der Waals surface area contributed by atoms with Crippen LogP contribution >= 0.6 is 11.3 Å². The molecule has 0 unspecified atom stereocenters. The van der Waals surface area contributed by atoms with Gasteiger partial charge in [0.05, 0.1) is 5.56 Å². The number of thiazole rings is 1. The first-order valence-corrected chi connectivity index (χ1v) is 10.6. The molecule has 0 saturated carbocycles. The highest BCUT2D eigenvalue weighted by atomic mass is 32.1. The third-order valence-electron chi connectivity index (χ3n) is 4.70. The van der Waals surface area contributed by atoms with Crippen LogP contribution in [0.2, 0.25) is 0 Å². The molecule has 1 aromatic carbocycles. The van der Waals surface area contributed by atoms with Gasteiger partial charge in [0, 0.05) is 29.2 Å². The van der Waals surface area contributed by atoms with Gasteiger partial charge in [-0.25, -0.2) is 24.1 Å². The molecule has 4 rings (SSSR count). The Labute approximate surface area is 193 Å². The molecule has 14 heteroatoms. The third kappa shape index (κ3) is 4.47. The van der Waals surface area contributed by atoms with Crippen LogP contribution in [0, 0.1) is 0 Å². The number of carboxylic acids is 1. The molecule has 0 radical (unpaired) electrons. The molecule has 34 heavy (non-hydrogen) atoms. The number of amides is 2. The van der Waals surface area contributed by atoms with Gasteiger partial charge < -0.3 is 16.2 Å². The SMILES string of the molecule is CCc1nc(N)c2c(-c3ccc(NC(=O)Nc4nc(C(F)(F)F)cs4)cc3)c(C(=O)O)cn2n1. The standard InChI is InChI=1S/C20H16F3N7O3S/c1-2-13-27-16(24)15-14(11(17(31)32)7-30(15)29-13)9-3-5-10(6-4-9)25-18(33)28-19-26-12(8-34-19)20(21,22)23/h3-8H,2H2,1H3,(H,31,32)(H2,24,27,29)(H2,25,26,28,33). The lowest BCUT2D eigenvalue weighted by molar-refractivity contribution is -0.140. The summed E-state index contributed by atoms with van der Waals surface area (Å²) in [5.41, 5.74) is 6.39. The Morgan fingerprint density at radius 2 is 1.88 bits per heavy atom. The molecule has 3 aromatic heterocycles. The predicted octanol–water partition coefficient (Wildman–Crippen LogP) is 4.36. The van der Waals surface area contributed by atoms with E-state index in [2.05, 4.69) is 25.7 Å². The number of fused-ring (bicyclic) bond motifs is 1. The lowest BCUT2D eigenvalue weighted by Crippen LogP contribution is -2.19. The fraction of sp³-hybridized carbons (Fsp3) is 0.150. The molecule has 0 aliphatic carbocycles. The second-order valence-corrected chi connectivity index (χ2v) is 7.83. The number of carboxylic acid groups (broad SMARTS) is 1. The Morgan fingerprint density at radius 3 is 2.47 bits per heavy atom. The quantitative estimate of drug-likeness (QED) is 0.324. The summed E-state index contributed by atoms with van der Waals surface area (Å²) in [5, 5.41) is 19.2. The molecular formula is C20H16F3N7O3S. The van der Waals surface area contributed by atoms with Gasteiger partial charge in [-0.05, 0) is 17.7 Å². The minimum atomic E-state index is -4.60. The maximum Gasteiger partial charge on any atom is 0.434 e. The van der Waals surface area contributed by atoms with Crippen LogP contribution in [-0.2, 0) is 12.6 Å². The second kappa shape index (κ2) is 8.62. The number of aromatic nitrogens is 4. The van der Waals surface area contributed by atoms with Crippen molar-refractivity contribution in [3.8, 4) is 11.1 Å². The van der Waals surface area contributed by atoms with E-state index in [4.69, 9.17) is 5.73 Å². The first kappa shape index (κ1) is 23.0. The van der Waals surface area contributed by atoms with Crippen molar-refractivity contribution in [2.45, 2.75) is 19.5 Å². The van der Waals surface area contributed by atoms with Gasteiger partial charge in [0.1, 0.15) is 5.52 Å². The number of benzene rings is 1. The van der Waals surface area contributed by atoms with Crippen molar-refractivity contribution in [2.75, 3.05) is 16.4 Å². The Kier molecular flexibility index (Phi) is 5.83. The summed E-state index contributed by atoms with van der Waals surface area (Å²) in [4.78, 5) is 31.5. The first-order valence-electron chi connectivity index (χ1n) is 9.69. The molecule has 0 spiro atoms. The van der Waals surface area contributed by atoms with E-state index in [1.807, 2.05) is 6.92 Å². The number of carbonyl (C=O) groups excluding carboxylic acids is 1. The minimum Gasteiger partial charge on any atom is -0.478 e. The van der Waals surface area contributed by atoms with Crippen LogP contribution in [0.25, 0.3) is 16.6 Å². The average Bonchev–Trinajstić information content (AvgIpc) is 3.39. The summed E-state index contributed by atoms with van der Waals surface area (Å²) < 4.78 is 39.3. The van der Waals surface area contributed by atoms with E-state index < -0.39 is 23.9 Å². The molecule has 0 atom stereocenters. The van der Waals surface area contributed by atoms with E-state index in [-0.39, 0.29) is 16.5 Å². The Balaban J connectivity index is 1.58. The number of hydrogen-bond acceptors (Lipinski definition) is 7. The van der Waals surface area contributed by atoms with E-state index in [9.17, 15) is 27.9 Å². The molecule has 3 heterocycles. The molecule has 10 nitrogen and oxygen atoms in total. The molecule has 0 aliphatic rings. The molecule has 0 saturated heterocycles. The summed E-state index contributed by atoms with van der Waals surface area (Å²) in [6.07, 6.45) is -2.74. The Bertz CT molecular complexity index is 1400. The van der Waals surface area contributed by atoms with E-state index in [0.29, 0.717) is 45.9 Å². The van der Waals surface area contributed by atoms with Crippen LogP contribution in [0.15, 0.2) is 35.8 Å². The van der Waals surface area contributed by atoms with Crippen molar-refractivity contribution in [2.24, 2.45) is 0 Å². The van der Waals surface area contributed by atoms with Gasteiger partial charge in [0.25, 0.3) is 0 Å². The molecule has 2 amide bonds. The third-order valence-corrected chi connectivity index (χ3v) is 5.45. The fourth-order valence-electron chi connectivity index (χ4n) is 3.20. The number of aromatic carboxylic acids is 1. The number of rotatable bonds is 5. The summed E-state index contributed by atoms with van der Waals surface area (Å²) >= 11 is 0.641. The van der Waals surface area contributed by atoms with Gasteiger partial charge >= 0.3 is 18.2 Å². The van der Waals surface area contributed by atoms with Gasteiger partial charge in [-0.3, -0.25) is 5.32 Å². The second-order valence-electron chi connectivity index (χ2n) is 6.98. The fourth-order valence-corrected chi connectivity index (χ4v) is 3.91. The van der Waals surface area contributed by atoms with Crippen molar-refractivity contribution in [1.29, 1.82) is 0 Å². The average molecular weight is 491 g/mol. The smallest absolute Gasteiger partial charge is 0.434 e. The van der Waals surface area contributed by atoms with Crippen molar-refractivity contribution in [3.05, 3.63) is 52.9 Å². The van der Waals surface area contributed by atoms with E-state index in [1.165, 1.54) is 22.8 Å². The number of nitrogens with one attached hydrogen (secondary N) is 2. The van der Waals surface area contributed by atoms with Crippen molar-refractivity contribution in [3.63, 3.8) is 0 Å². The molecule has 176 valence electrons. The highest BCUT2D eigenvalue weighted by molar-refractivity contribution is 7.14. The molecule has 0 fully saturated rings. The lowest BCUT2D eigenvalue weighted by Gasteiger charge is -2.08. The van der Waals surface area contributed by atoms with Crippen LogP contribution in [-0.4, -0.2) is 36.7 Å². The van der Waals surface area contributed by atoms with Crippen LogP contribution < -0.4 is 16.4 Å². The molecule has 4 aromatic rings. The number of alkyl halides is 3. The number of aryl methyl sites for hydroxylation is 1. The number of nitrogens with zero attached hydrogens (tertiary/aromatic N) is 4. The molecule has 0 aliphatic heterocycles. The van der Waals surface area contributed by atoms with Crippen molar-refractivity contribution < 1.29 is 27.9 Å². The maximum atomic E-state index is 12.6. The Morgan fingerprint density at radius 1 is 1.18 bits per heavy atom. The number of nitrogens with two attached hydrogens (primary N) is 1. The highest BCUT2D eigenvalue weighted by Gasteiger charge is 2.34. The molecule has 5 N–H and O–H groups in total. The number of carbonyl (C=O) groups is 2. The minimum absolute atomic E-state index is 0.0306. The van der Waals surface area contributed by atoms with E-state index in [1.54, 1.807) is 12.1 Å². The topological polar surface area (TPSA) is 148 Å². The summed E-state index contributed by atoms with van der Waals surface area (Å²) in [6.45, 7) is 1.84. The van der Waals surface area contributed by atoms with Gasteiger partial charge in [-0.2, -0.15) is 18.3 Å². The summed E-state index contributed by atoms with van der Waals surface area (Å²) in [5.74, 6) is -0.601. The number of urea groups is 1. The van der Waals surface area contributed by atoms with Gasteiger partial charge in [-0.15, -0.1) is 11.3 Å². The van der Waals surface area contributed by atoms with Crippen LogP contribution in [0.5, 0.6) is 0 Å². The predicted molar refractivity (Wildman–Crippen MR) is 119 cm³/mol. The largest absolute Gasteiger partial charge is 0.478 e. The number of halogens is 3. The lowest BCUT2D eigenvalue weighted by atomic mass is 10.0. The normalized spacial score (nSPS) is 11.5. The van der Waals surface area contributed by atoms with Crippen LogP contribution in [0.4, 0.5) is 34.6 Å². The molecule has 0 bridgehead atoms. The van der Waals surface area contributed by atoms with E-state index in [0.717, 1.165) is 5.38 Å². The number of hydrogen-bond donors (Lipinski definition) is 4. The van der Waals surface area contributed by atoms with Crippen LogP contribution in [0.1, 0.15) is 28.8 Å².